The summed E-state index contributed by atoms with van der Waals surface area (Å²) in [4.78, 5) is 1.33. The van der Waals surface area contributed by atoms with Gasteiger partial charge < -0.3 is 5.73 Å². The van der Waals surface area contributed by atoms with Crippen LogP contribution in [-0.2, 0) is 0 Å². The van der Waals surface area contributed by atoms with E-state index in [9.17, 15) is 0 Å². The lowest BCUT2D eigenvalue weighted by molar-refractivity contribution is 0.495. The van der Waals surface area contributed by atoms with Crippen LogP contribution in [0.15, 0.2) is 29.2 Å². The Kier molecular flexibility index (Phi) is 6.39. The highest BCUT2D eigenvalue weighted by molar-refractivity contribution is 7.99. The minimum atomic E-state index is 0.848. The van der Waals surface area contributed by atoms with Crippen LogP contribution in [0.1, 0.15) is 39.5 Å². The number of thioether (sulfide) groups is 1. The van der Waals surface area contributed by atoms with Crippen molar-refractivity contribution in [2.75, 3.05) is 11.5 Å². The van der Waals surface area contributed by atoms with E-state index < -0.39 is 0 Å². The van der Waals surface area contributed by atoms with Gasteiger partial charge >= 0.3 is 0 Å². The van der Waals surface area contributed by atoms with E-state index in [0.29, 0.717) is 0 Å². The van der Waals surface area contributed by atoms with Crippen LogP contribution in [0, 0.1) is 5.92 Å². The van der Waals surface area contributed by atoms with Crippen LogP contribution >= 0.6 is 11.8 Å². The number of benzene rings is 1. The summed E-state index contributed by atoms with van der Waals surface area (Å²) in [5.41, 5.74) is 6.50. The Balaban J connectivity index is 2.17. The van der Waals surface area contributed by atoms with Crippen LogP contribution in [-0.4, -0.2) is 5.75 Å². The van der Waals surface area contributed by atoms with Gasteiger partial charge in [0.1, 0.15) is 0 Å². The number of hydrogen-bond acceptors (Lipinski definition) is 2. The first kappa shape index (κ1) is 13.4. The third-order valence-corrected chi connectivity index (χ3v) is 3.86. The van der Waals surface area contributed by atoms with E-state index in [1.165, 1.54) is 36.3 Å². The molecule has 0 aliphatic carbocycles. The van der Waals surface area contributed by atoms with Gasteiger partial charge in [0.2, 0.25) is 0 Å². The predicted molar refractivity (Wildman–Crippen MR) is 74.9 cm³/mol. The second-order valence-electron chi connectivity index (χ2n) is 4.45. The van der Waals surface area contributed by atoms with Gasteiger partial charge in [-0.15, -0.1) is 11.8 Å². The molecule has 0 spiro atoms. The average Bonchev–Trinajstić information content (AvgIpc) is 2.29. The van der Waals surface area contributed by atoms with Crippen LogP contribution in [0.3, 0.4) is 0 Å². The molecule has 0 bridgehead atoms. The molecule has 2 N–H and O–H groups in total. The zero-order valence-corrected chi connectivity index (χ0v) is 11.2. The molecule has 0 saturated carbocycles. The van der Waals surface area contributed by atoms with Gasteiger partial charge in [-0.05, 0) is 42.4 Å². The smallest absolute Gasteiger partial charge is 0.0314 e. The second kappa shape index (κ2) is 7.61. The molecule has 0 aliphatic rings. The van der Waals surface area contributed by atoms with E-state index >= 15 is 0 Å². The fraction of sp³-hybridized carbons (Fsp3) is 0.571. The number of nitrogens with two attached hydrogens (primary N) is 1. The molecule has 0 aliphatic heterocycles. The van der Waals surface area contributed by atoms with Crippen molar-refractivity contribution in [3.05, 3.63) is 24.3 Å². The van der Waals surface area contributed by atoms with Crippen LogP contribution in [0.4, 0.5) is 5.69 Å². The monoisotopic (exact) mass is 237 g/mol. The Morgan fingerprint density at radius 2 is 1.88 bits per heavy atom. The molecule has 0 radical (unpaired) electrons. The van der Waals surface area contributed by atoms with Gasteiger partial charge in [0.25, 0.3) is 0 Å². The molecule has 1 aromatic carbocycles. The molecule has 16 heavy (non-hydrogen) atoms. The van der Waals surface area contributed by atoms with Crippen LogP contribution < -0.4 is 5.73 Å². The molecular weight excluding hydrogens is 214 g/mol. The molecule has 0 amide bonds. The van der Waals surface area contributed by atoms with Gasteiger partial charge in [-0.1, -0.05) is 33.1 Å². The largest absolute Gasteiger partial charge is 0.399 e. The number of anilines is 1. The number of nitrogen functional groups attached to an aromatic ring is 1. The fourth-order valence-electron chi connectivity index (χ4n) is 1.64. The van der Waals surface area contributed by atoms with E-state index in [2.05, 4.69) is 26.0 Å². The SMILES string of the molecule is CCCC[C@@H](C)CCSc1ccc(N)cc1. The molecule has 0 aromatic heterocycles. The lowest BCUT2D eigenvalue weighted by atomic mass is 10.0. The van der Waals surface area contributed by atoms with Crippen molar-refractivity contribution in [3.8, 4) is 0 Å². The van der Waals surface area contributed by atoms with Crippen molar-refractivity contribution >= 4 is 17.4 Å². The van der Waals surface area contributed by atoms with Gasteiger partial charge in [0.15, 0.2) is 0 Å². The predicted octanol–water partition coefficient (Wildman–Crippen LogP) is 4.58. The fourth-order valence-corrected chi connectivity index (χ4v) is 2.72. The summed E-state index contributed by atoms with van der Waals surface area (Å²) >= 11 is 1.94. The average molecular weight is 237 g/mol. The lowest BCUT2D eigenvalue weighted by Gasteiger charge is -2.10. The lowest BCUT2D eigenvalue weighted by Crippen LogP contribution is -1.96. The molecule has 0 fully saturated rings. The second-order valence-corrected chi connectivity index (χ2v) is 5.62. The Bertz CT molecular complexity index is 281. The van der Waals surface area contributed by atoms with Gasteiger partial charge in [-0.2, -0.15) is 0 Å². The number of rotatable bonds is 7. The van der Waals surface area contributed by atoms with Crippen LogP contribution in [0.25, 0.3) is 0 Å². The topological polar surface area (TPSA) is 26.0 Å². The standard InChI is InChI=1S/C14H23NS/c1-3-4-5-12(2)10-11-16-14-8-6-13(15)7-9-14/h6-9,12H,3-5,10-11,15H2,1-2H3/t12-/m1/s1. The third kappa shape index (κ3) is 5.45. The first-order chi connectivity index (χ1) is 7.72. The summed E-state index contributed by atoms with van der Waals surface area (Å²) < 4.78 is 0. The molecule has 1 aromatic rings. The summed E-state index contributed by atoms with van der Waals surface area (Å²) in [6.07, 6.45) is 5.37. The summed E-state index contributed by atoms with van der Waals surface area (Å²) in [5, 5.41) is 0. The molecule has 0 saturated heterocycles. The van der Waals surface area contributed by atoms with E-state index in [-0.39, 0.29) is 0 Å². The first-order valence-corrected chi connectivity index (χ1v) is 7.19. The van der Waals surface area contributed by atoms with E-state index in [4.69, 9.17) is 5.73 Å². The zero-order valence-electron chi connectivity index (χ0n) is 10.4. The van der Waals surface area contributed by atoms with Crippen molar-refractivity contribution in [3.63, 3.8) is 0 Å². The maximum atomic E-state index is 5.65. The van der Waals surface area contributed by atoms with E-state index in [1.54, 1.807) is 0 Å². The van der Waals surface area contributed by atoms with Crippen molar-refractivity contribution in [1.82, 2.24) is 0 Å². The molecule has 1 rings (SSSR count). The summed E-state index contributed by atoms with van der Waals surface area (Å²) in [5.74, 6) is 2.08. The van der Waals surface area contributed by atoms with E-state index in [1.807, 2.05) is 23.9 Å². The molecule has 0 unspecified atom stereocenters. The third-order valence-electron chi connectivity index (χ3n) is 2.81. The van der Waals surface area contributed by atoms with Crippen molar-refractivity contribution in [2.24, 2.45) is 5.92 Å². The minimum absolute atomic E-state index is 0.848. The highest BCUT2D eigenvalue weighted by Crippen LogP contribution is 2.22. The summed E-state index contributed by atoms with van der Waals surface area (Å²) in [7, 11) is 0. The van der Waals surface area contributed by atoms with Gasteiger partial charge in [-0.3, -0.25) is 0 Å². The molecular formula is C14H23NS. The molecule has 2 heteroatoms. The Labute approximate surface area is 104 Å². The van der Waals surface area contributed by atoms with Crippen molar-refractivity contribution in [1.29, 1.82) is 0 Å². The number of unbranched alkanes of at least 4 members (excludes halogenated alkanes) is 1. The Morgan fingerprint density at radius 3 is 2.50 bits per heavy atom. The maximum Gasteiger partial charge on any atom is 0.0314 e. The highest BCUT2D eigenvalue weighted by atomic mass is 32.2. The van der Waals surface area contributed by atoms with Gasteiger partial charge in [0.05, 0.1) is 0 Å². The zero-order chi connectivity index (χ0) is 11.8. The van der Waals surface area contributed by atoms with Gasteiger partial charge in [-0.25, -0.2) is 0 Å². The van der Waals surface area contributed by atoms with E-state index in [0.717, 1.165) is 11.6 Å². The minimum Gasteiger partial charge on any atom is -0.399 e. The molecule has 90 valence electrons. The molecule has 1 atom stereocenters. The van der Waals surface area contributed by atoms with Crippen molar-refractivity contribution < 1.29 is 0 Å². The summed E-state index contributed by atoms with van der Waals surface area (Å²) in [6, 6.07) is 8.17. The van der Waals surface area contributed by atoms with Gasteiger partial charge in [0, 0.05) is 10.6 Å². The Morgan fingerprint density at radius 1 is 1.19 bits per heavy atom. The maximum absolute atomic E-state index is 5.65. The highest BCUT2D eigenvalue weighted by Gasteiger charge is 2.01. The normalized spacial score (nSPS) is 12.6. The molecule has 1 nitrogen and oxygen atoms in total. The quantitative estimate of drug-likeness (QED) is 0.555. The van der Waals surface area contributed by atoms with Crippen LogP contribution in [0.2, 0.25) is 0 Å². The molecule has 0 heterocycles. The summed E-state index contributed by atoms with van der Waals surface area (Å²) in [6.45, 7) is 4.62. The van der Waals surface area contributed by atoms with Crippen molar-refractivity contribution in [2.45, 2.75) is 44.4 Å². The number of hydrogen-bond donors (Lipinski definition) is 1. The van der Waals surface area contributed by atoms with Crippen LogP contribution in [0.5, 0.6) is 0 Å². The Hall–Kier alpha value is -0.630. The first-order valence-electron chi connectivity index (χ1n) is 6.20.